The molecule has 1 fully saturated rings. The van der Waals surface area contributed by atoms with Gasteiger partial charge >= 0.3 is 5.97 Å². The van der Waals surface area contributed by atoms with Crippen LogP contribution in [0.2, 0.25) is 0 Å². The highest BCUT2D eigenvalue weighted by Gasteiger charge is 2.66. The predicted molar refractivity (Wildman–Crippen MR) is 120 cm³/mol. The van der Waals surface area contributed by atoms with Gasteiger partial charge in [-0.1, -0.05) is 60.7 Å². The van der Waals surface area contributed by atoms with Crippen molar-refractivity contribution in [2.75, 3.05) is 20.0 Å². The molecule has 1 N–H and O–H groups in total. The van der Waals surface area contributed by atoms with Crippen LogP contribution in [0.3, 0.4) is 0 Å². The summed E-state index contributed by atoms with van der Waals surface area (Å²) in [6.07, 6.45) is 0. The fraction of sp³-hybridized carbons (Fsp3) is 0.292. The highest BCUT2D eigenvalue weighted by molar-refractivity contribution is 8.00. The van der Waals surface area contributed by atoms with Gasteiger partial charge in [0.15, 0.2) is 0 Å². The zero-order chi connectivity index (χ0) is 22.9. The molecule has 0 unspecified atom stereocenters. The van der Waals surface area contributed by atoms with E-state index >= 15 is 0 Å². The van der Waals surface area contributed by atoms with E-state index in [4.69, 9.17) is 9.47 Å². The smallest absolute Gasteiger partial charge is 0.354 e. The van der Waals surface area contributed by atoms with Crippen LogP contribution in [0.25, 0.3) is 0 Å². The molecule has 166 valence electrons. The minimum Gasteiger partial charge on any atom is -0.464 e. The van der Waals surface area contributed by atoms with Crippen LogP contribution >= 0.6 is 11.8 Å². The van der Waals surface area contributed by atoms with E-state index in [1.807, 2.05) is 60.7 Å². The number of fused-ring (bicyclic) bond motifs is 1. The van der Waals surface area contributed by atoms with Crippen LogP contribution in [0.5, 0.6) is 0 Å². The second kappa shape index (κ2) is 8.80. The van der Waals surface area contributed by atoms with Gasteiger partial charge in [0.1, 0.15) is 11.1 Å². The number of carbonyl (C=O) groups excluding carboxylic acids is 3. The number of hydrogen-bond acceptors (Lipinski definition) is 6. The number of nitrogens with zero attached hydrogens (tertiary/aromatic N) is 1. The molecule has 2 amide bonds. The molecule has 2 aliphatic heterocycles. The first-order valence-corrected chi connectivity index (χ1v) is 11.2. The SMILES string of the molecule is COC(=O)C1=C(C)CS[C@@H]2N1C(=O)[C@]2(NC(=O)C(c1ccccc1)c1ccccc1)OC. The molecule has 0 aromatic heterocycles. The van der Waals surface area contributed by atoms with Crippen molar-refractivity contribution in [1.29, 1.82) is 0 Å². The maximum absolute atomic E-state index is 13.6. The van der Waals surface area contributed by atoms with Gasteiger partial charge in [-0.25, -0.2) is 4.79 Å². The molecule has 0 saturated carbocycles. The van der Waals surface area contributed by atoms with Gasteiger partial charge in [0.25, 0.3) is 11.6 Å². The number of amides is 2. The minimum atomic E-state index is -1.57. The first kappa shape index (κ1) is 22.1. The maximum atomic E-state index is 13.6. The van der Waals surface area contributed by atoms with Crippen molar-refractivity contribution >= 4 is 29.5 Å². The predicted octanol–water partition coefficient (Wildman–Crippen LogP) is 2.64. The monoisotopic (exact) mass is 452 g/mol. The molecule has 2 atom stereocenters. The zero-order valence-electron chi connectivity index (χ0n) is 18.0. The Morgan fingerprint density at radius 2 is 1.62 bits per heavy atom. The van der Waals surface area contributed by atoms with E-state index < -0.39 is 28.9 Å². The molecule has 0 aliphatic carbocycles. The molecular formula is C24H24N2O5S. The lowest BCUT2D eigenvalue weighted by molar-refractivity contribution is -0.192. The number of ether oxygens (including phenoxy) is 2. The standard InChI is InChI=1S/C24H24N2O5S/c1-15-14-32-23-24(31-3,22(29)26(23)19(15)21(28)30-2)25-20(27)18(16-10-6-4-7-11-16)17-12-8-5-9-13-17/h4-13,18,23H,14H2,1-3H3,(H,25,27)/t23-,24-/m0/s1. The summed E-state index contributed by atoms with van der Waals surface area (Å²) in [7, 11) is 2.67. The molecule has 2 aliphatic rings. The number of β-lactam (4-membered cyclic amide) rings is 1. The quantitative estimate of drug-likeness (QED) is 0.412. The Balaban J connectivity index is 1.67. The number of carbonyl (C=O) groups is 3. The first-order valence-electron chi connectivity index (χ1n) is 10.1. The normalized spacial score (nSPS) is 22.3. The van der Waals surface area contributed by atoms with Gasteiger partial charge in [-0.05, 0) is 23.6 Å². The van der Waals surface area contributed by atoms with Crippen molar-refractivity contribution in [2.45, 2.75) is 23.9 Å². The highest BCUT2D eigenvalue weighted by Crippen LogP contribution is 2.47. The summed E-state index contributed by atoms with van der Waals surface area (Å²) in [5.74, 6) is -1.55. The zero-order valence-corrected chi connectivity index (χ0v) is 18.8. The van der Waals surface area contributed by atoms with E-state index in [1.54, 1.807) is 6.92 Å². The van der Waals surface area contributed by atoms with Crippen molar-refractivity contribution in [1.82, 2.24) is 10.2 Å². The molecule has 8 heteroatoms. The van der Waals surface area contributed by atoms with Gasteiger partial charge in [-0.2, -0.15) is 0 Å². The molecule has 7 nitrogen and oxygen atoms in total. The number of benzene rings is 2. The van der Waals surface area contributed by atoms with E-state index in [1.165, 1.54) is 30.9 Å². The highest BCUT2D eigenvalue weighted by atomic mass is 32.2. The van der Waals surface area contributed by atoms with Gasteiger partial charge in [-0.15, -0.1) is 11.8 Å². The Labute approximate surface area is 190 Å². The van der Waals surface area contributed by atoms with E-state index in [2.05, 4.69) is 5.32 Å². The third kappa shape index (κ3) is 3.49. The van der Waals surface area contributed by atoms with Gasteiger partial charge in [-0.3, -0.25) is 14.5 Å². The van der Waals surface area contributed by atoms with Crippen LogP contribution in [-0.2, 0) is 23.9 Å². The molecule has 4 rings (SSSR count). The van der Waals surface area contributed by atoms with Crippen molar-refractivity contribution < 1.29 is 23.9 Å². The number of hydrogen-bond donors (Lipinski definition) is 1. The van der Waals surface area contributed by atoms with Gasteiger partial charge in [0.2, 0.25) is 5.91 Å². The molecule has 32 heavy (non-hydrogen) atoms. The molecule has 0 radical (unpaired) electrons. The fourth-order valence-corrected chi connectivity index (χ4v) is 5.55. The Morgan fingerprint density at radius 1 is 1.06 bits per heavy atom. The largest absolute Gasteiger partial charge is 0.464 e. The first-order chi connectivity index (χ1) is 15.4. The average molecular weight is 453 g/mol. The van der Waals surface area contributed by atoms with Gasteiger partial charge < -0.3 is 14.8 Å². The van der Waals surface area contributed by atoms with Crippen LogP contribution in [0.15, 0.2) is 71.9 Å². The van der Waals surface area contributed by atoms with Crippen LogP contribution in [0.4, 0.5) is 0 Å². The fourth-order valence-electron chi connectivity index (χ4n) is 4.16. The second-order valence-corrected chi connectivity index (χ2v) is 8.71. The van der Waals surface area contributed by atoms with Crippen molar-refractivity contribution in [3.8, 4) is 0 Å². The molecule has 2 aromatic carbocycles. The summed E-state index contributed by atoms with van der Waals surface area (Å²) in [5, 5.41) is 2.29. The van der Waals surface area contributed by atoms with Crippen molar-refractivity contribution in [3.05, 3.63) is 83.1 Å². The number of esters is 1. The summed E-state index contributed by atoms with van der Waals surface area (Å²) in [6, 6.07) is 18.8. The average Bonchev–Trinajstić information content (AvgIpc) is 2.83. The lowest BCUT2D eigenvalue weighted by Crippen LogP contribution is -2.80. The molecule has 2 aromatic rings. The Morgan fingerprint density at radius 3 is 2.12 bits per heavy atom. The van der Waals surface area contributed by atoms with E-state index in [9.17, 15) is 14.4 Å². The molecule has 0 spiro atoms. The third-order valence-electron chi connectivity index (χ3n) is 5.76. The third-order valence-corrected chi connectivity index (χ3v) is 7.22. The van der Waals surface area contributed by atoms with Gasteiger partial charge in [0, 0.05) is 12.9 Å². The summed E-state index contributed by atoms with van der Waals surface area (Å²) in [6.45, 7) is 1.79. The van der Waals surface area contributed by atoms with E-state index in [0.717, 1.165) is 16.7 Å². The number of methoxy groups -OCH3 is 2. The van der Waals surface area contributed by atoms with Crippen LogP contribution in [0.1, 0.15) is 24.0 Å². The minimum absolute atomic E-state index is 0.214. The summed E-state index contributed by atoms with van der Waals surface area (Å²) in [4.78, 5) is 40.5. The molecule has 1 saturated heterocycles. The Bertz CT molecular complexity index is 1030. The van der Waals surface area contributed by atoms with Crippen molar-refractivity contribution in [3.63, 3.8) is 0 Å². The van der Waals surface area contributed by atoms with Crippen molar-refractivity contribution in [2.24, 2.45) is 0 Å². The maximum Gasteiger partial charge on any atom is 0.354 e. The van der Waals surface area contributed by atoms with Gasteiger partial charge in [0.05, 0.1) is 13.0 Å². The second-order valence-electron chi connectivity index (χ2n) is 7.64. The lowest BCUT2D eigenvalue weighted by atomic mass is 9.89. The molecule has 2 heterocycles. The number of rotatable bonds is 6. The Kier molecular flexibility index (Phi) is 6.08. The number of thioether (sulfide) groups is 1. The van der Waals surface area contributed by atoms with Crippen LogP contribution in [0, 0.1) is 0 Å². The molecule has 0 bridgehead atoms. The summed E-state index contributed by atoms with van der Waals surface area (Å²) >= 11 is 1.43. The van der Waals surface area contributed by atoms with E-state index in [0.29, 0.717) is 5.75 Å². The topological polar surface area (TPSA) is 84.9 Å². The molecular weight excluding hydrogens is 428 g/mol. The summed E-state index contributed by atoms with van der Waals surface area (Å²) in [5.41, 5.74) is 0.991. The summed E-state index contributed by atoms with van der Waals surface area (Å²) < 4.78 is 10.5. The van der Waals surface area contributed by atoms with Crippen LogP contribution in [-0.4, -0.2) is 53.8 Å². The lowest BCUT2D eigenvalue weighted by Gasteiger charge is -2.56. The van der Waals surface area contributed by atoms with E-state index in [-0.39, 0.29) is 11.6 Å². The van der Waals surface area contributed by atoms with Crippen LogP contribution < -0.4 is 5.32 Å². The number of nitrogens with one attached hydrogen (secondary N) is 1. The Hall–Kier alpha value is -3.10.